The van der Waals surface area contributed by atoms with Gasteiger partial charge in [0.1, 0.15) is 17.3 Å². The Bertz CT molecular complexity index is 1630. The van der Waals surface area contributed by atoms with Gasteiger partial charge in [-0.15, -0.1) is 0 Å². The third-order valence-electron chi connectivity index (χ3n) is 7.19. The van der Waals surface area contributed by atoms with E-state index in [-0.39, 0.29) is 12.0 Å². The number of piperidine rings is 1. The summed E-state index contributed by atoms with van der Waals surface area (Å²) in [5, 5.41) is 17.4. The first kappa shape index (κ1) is 25.6. The number of aryl methyl sites for hydroxylation is 1. The zero-order chi connectivity index (χ0) is 27.6. The summed E-state index contributed by atoms with van der Waals surface area (Å²) < 4.78 is 7.12. The van der Waals surface area contributed by atoms with Crippen LogP contribution in [0.1, 0.15) is 34.3 Å². The molecule has 10 nitrogen and oxygen atoms in total. The van der Waals surface area contributed by atoms with Crippen LogP contribution < -0.4 is 15.0 Å². The Morgan fingerprint density at radius 3 is 2.62 bits per heavy atom. The molecule has 6 rings (SSSR count). The van der Waals surface area contributed by atoms with Crippen LogP contribution in [0.3, 0.4) is 0 Å². The van der Waals surface area contributed by atoms with Crippen LogP contribution in [-0.2, 0) is 6.54 Å². The maximum atomic E-state index is 13.1. The molecule has 0 spiro atoms. The fraction of sp³-hybridized carbons (Fsp3) is 0.267. The highest BCUT2D eigenvalue weighted by Crippen LogP contribution is 2.26. The van der Waals surface area contributed by atoms with Crippen LogP contribution in [0.15, 0.2) is 66.9 Å². The van der Waals surface area contributed by atoms with Gasteiger partial charge in [0.05, 0.1) is 36.4 Å². The Morgan fingerprint density at radius 2 is 1.90 bits per heavy atom. The lowest BCUT2D eigenvalue weighted by molar-refractivity contribution is 0.102. The fourth-order valence-corrected chi connectivity index (χ4v) is 4.92. The molecule has 0 bridgehead atoms. The van der Waals surface area contributed by atoms with Crippen LogP contribution in [0.5, 0.6) is 5.75 Å². The molecule has 0 unspecified atom stereocenters. The number of hydrogen-bond donors (Lipinski definition) is 3. The van der Waals surface area contributed by atoms with Crippen molar-refractivity contribution in [3.63, 3.8) is 0 Å². The van der Waals surface area contributed by atoms with Crippen molar-refractivity contribution in [1.82, 2.24) is 24.7 Å². The van der Waals surface area contributed by atoms with Gasteiger partial charge in [-0.1, -0.05) is 18.2 Å². The fourth-order valence-electron chi connectivity index (χ4n) is 4.92. The van der Waals surface area contributed by atoms with Crippen molar-refractivity contribution >= 4 is 28.6 Å². The quantitative estimate of drug-likeness (QED) is 0.281. The predicted molar refractivity (Wildman–Crippen MR) is 154 cm³/mol. The molecule has 5 aromatic rings. The van der Waals surface area contributed by atoms with Gasteiger partial charge in [0.15, 0.2) is 11.6 Å². The average Bonchev–Trinajstić information content (AvgIpc) is 3.57. The summed E-state index contributed by atoms with van der Waals surface area (Å²) in [6.07, 6.45) is 2.76. The number of hydrogen-bond acceptors (Lipinski definition) is 7. The van der Waals surface area contributed by atoms with E-state index >= 15 is 0 Å². The molecule has 4 heterocycles. The number of carbonyl (C=O) groups excluding carboxylic acids is 1. The molecule has 1 fully saturated rings. The Kier molecular flexibility index (Phi) is 6.91. The maximum Gasteiger partial charge on any atom is 0.258 e. The minimum absolute atomic E-state index is 0.251. The van der Waals surface area contributed by atoms with E-state index in [0.717, 1.165) is 65.4 Å². The predicted octanol–water partition coefficient (Wildman–Crippen LogP) is 4.40. The molecule has 1 aliphatic heterocycles. The number of anilines is 2. The number of aliphatic hydroxyl groups is 1. The van der Waals surface area contributed by atoms with Crippen LogP contribution in [0.4, 0.5) is 11.6 Å². The van der Waals surface area contributed by atoms with Crippen LogP contribution in [0.25, 0.3) is 22.6 Å². The minimum Gasteiger partial charge on any atom is -0.497 e. The molecule has 0 aliphatic carbocycles. The number of nitrogens with one attached hydrogen (secondary N) is 2. The number of amides is 1. The van der Waals surface area contributed by atoms with Crippen molar-refractivity contribution in [3.8, 4) is 17.3 Å². The van der Waals surface area contributed by atoms with Crippen molar-refractivity contribution in [2.24, 2.45) is 0 Å². The zero-order valence-electron chi connectivity index (χ0n) is 22.5. The first-order chi connectivity index (χ1) is 19.4. The normalized spacial score (nSPS) is 14.0. The summed E-state index contributed by atoms with van der Waals surface area (Å²) >= 11 is 0. The summed E-state index contributed by atoms with van der Waals surface area (Å²) in [5.74, 6) is 2.37. The van der Waals surface area contributed by atoms with Crippen molar-refractivity contribution in [2.75, 3.05) is 30.4 Å². The molecule has 40 heavy (non-hydrogen) atoms. The number of methoxy groups -OCH3 is 1. The first-order valence-electron chi connectivity index (χ1n) is 13.3. The summed E-state index contributed by atoms with van der Waals surface area (Å²) in [6, 6.07) is 19.3. The minimum atomic E-state index is -0.297. The Morgan fingerprint density at radius 1 is 1.10 bits per heavy atom. The van der Waals surface area contributed by atoms with E-state index in [9.17, 15) is 9.90 Å². The number of aromatic amines is 1. The highest BCUT2D eigenvalue weighted by Gasteiger charge is 2.20. The molecular formula is C30H31N7O3. The molecule has 0 radical (unpaired) electrons. The number of carbonyl (C=O) groups is 1. The lowest BCUT2D eigenvalue weighted by Crippen LogP contribution is -2.36. The number of aromatic nitrogens is 5. The number of imidazole rings is 1. The van der Waals surface area contributed by atoms with Crippen molar-refractivity contribution in [3.05, 3.63) is 83.6 Å². The lowest BCUT2D eigenvalue weighted by Gasteiger charge is -2.30. The highest BCUT2D eigenvalue weighted by molar-refractivity contribution is 6.03. The largest absolute Gasteiger partial charge is 0.497 e. The number of pyridine rings is 1. The molecule has 2 aromatic carbocycles. The van der Waals surface area contributed by atoms with Gasteiger partial charge in [0.25, 0.3) is 5.91 Å². The van der Waals surface area contributed by atoms with Gasteiger partial charge in [0.2, 0.25) is 0 Å². The maximum absolute atomic E-state index is 13.1. The number of aliphatic hydroxyl groups excluding tert-OH is 1. The van der Waals surface area contributed by atoms with Crippen LogP contribution in [-0.4, -0.2) is 62.0 Å². The van der Waals surface area contributed by atoms with Gasteiger partial charge in [-0.2, -0.15) is 5.10 Å². The Labute approximate surface area is 231 Å². The second-order valence-electron chi connectivity index (χ2n) is 10.1. The number of fused-ring (bicyclic) bond motifs is 1. The number of benzene rings is 2. The third kappa shape index (κ3) is 5.39. The second kappa shape index (κ2) is 10.8. The molecule has 0 atom stereocenters. The van der Waals surface area contributed by atoms with Gasteiger partial charge in [-0.25, -0.2) is 9.97 Å². The van der Waals surface area contributed by atoms with Crippen molar-refractivity contribution in [1.29, 1.82) is 0 Å². The molecule has 3 aromatic heterocycles. The average molecular weight is 538 g/mol. The number of nitrogens with zero attached hydrogens (tertiary/aromatic N) is 5. The molecule has 10 heteroatoms. The standard InChI is InChI=1S/C30H31N7O3/c1-19-3-9-24-25(15-19)33-29(32-24)26-16-27(35-37(26)18-20-4-7-23(40-2)8-5-20)34-30(39)21-6-10-28(31-17-21)36-13-11-22(38)12-14-36/h3-10,15-17,22,38H,11-14,18H2,1-2H3,(H,32,33)(H,34,35,39). The van der Waals surface area contributed by atoms with E-state index in [1.807, 2.05) is 66.2 Å². The molecule has 204 valence electrons. The number of H-pyrrole nitrogens is 1. The third-order valence-corrected chi connectivity index (χ3v) is 7.19. The van der Waals surface area contributed by atoms with Gasteiger partial charge in [-0.05, 0) is 67.3 Å². The van der Waals surface area contributed by atoms with Crippen molar-refractivity contribution in [2.45, 2.75) is 32.4 Å². The Hall–Kier alpha value is -4.70. The van der Waals surface area contributed by atoms with Gasteiger partial charge >= 0.3 is 0 Å². The van der Waals surface area contributed by atoms with Crippen LogP contribution >= 0.6 is 0 Å². The first-order valence-corrected chi connectivity index (χ1v) is 13.3. The van der Waals surface area contributed by atoms with Crippen molar-refractivity contribution < 1.29 is 14.6 Å². The molecule has 0 saturated carbocycles. The van der Waals surface area contributed by atoms with Gasteiger partial charge < -0.3 is 25.0 Å². The van der Waals surface area contributed by atoms with Gasteiger partial charge in [-0.3, -0.25) is 9.48 Å². The van der Waals surface area contributed by atoms with E-state index < -0.39 is 0 Å². The van der Waals surface area contributed by atoms with Gasteiger partial charge in [0, 0.05) is 25.4 Å². The van der Waals surface area contributed by atoms with E-state index in [4.69, 9.17) is 14.8 Å². The SMILES string of the molecule is COc1ccc(Cn2nc(NC(=O)c3ccc(N4CCC(O)CC4)nc3)cc2-c2nc3cc(C)ccc3[nH]2)cc1. The topological polar surface area (TPSA) is 121 Å². The van der Waals surface area contributed by atoms with E-state index in [0.29, 0.717) is 23.8 Å². The summed E-state index contributed by atoms with van der Waals surface area (Å²) in [4.78, 5) is 27.9. The monoisotopic (exact) mass is 537 g/mol. The molecule has 1 aliphatic rings. The number of ether oxygens (including phenoxy) is 1. The second-order valence-corrected chi connectivity index (χ2v) is 10.1. The van der Waals surface area contributed by atoms with Crippen LogP contribution in [0, 0.1) is 6.92 Å². The molecule has 3 N–H and O–H groups in total. The smallest absolute Gasteiger partial charge is 0.258 e. The van der Waals surface area contributed by atoms with Crippen LogP contribution in [0.2, 0.25) is 0 Å². The van der Waals surface area contributed by atoms with E-state index in [1.54, 1.807) is 19.4 Å². The summed E-state index contributed by atoms with van der Waals surface area (Å²) in [6.45, 7) is 4.00. The lowest BCUT2D eigenvalue weighted by atomic mass is 10.1. The highest BCUT2D eigenvalue weighted by atomic mass is 16.5. The molecule has 1 saturated heterocycles. The van der Waals surface area contributed by atoms with E-state index in [1.165, 1.54) is 0 Å². The zero-order valence-corrected chi connectivity index (χ0v) is 22.5. The molecule has 1 amide bonds. The number of rotatable bonds is 7. The summed E-state index contributed by atoms with van der Waals surface area (Å²) in [5.41, 5.74) is 5.14. The summed E-state index contributed by atoms with van der Waals surface area (Å²) in [7, 11) is 1.64. The Balaban J connectivity index is 1.26. The van der Waals surface area contributed by atoms with E-state index in [2.05, 4.69) is 20.2 Å². The molecular weight excluding hydrogens is 506 g/mol.